The minimum absolute atomic E-state index is 0.0245. The van der Waals surface area contributed by atoms with Crippen molar-refractivity contribution in [1.82, 2.24) is 29.9 Å². The Kier molecular flexibility index (Phi) is 5.07. The first-order valence-corrected chi connectivity index (χ1v) is 7.80. The Labute approximate surface area is 133 Å². The highest BCUT2D eigenvalue weighted by Crippen LogP contribution is 2.28. The van der Waals surface area contributed by atoms with Gasteiger partial charge >= 0.3 is 0 Å². The Bertz CT molecular complexity index is 664. The second-order valence-electron chi connectivity index (χ2n) is 5.10. The van der Waals surface area contributed by atoms with Gasteiger partial charge in [-0.15, -0.1) is 15.3 Å². The van der Waals surface area contributed by atoms with Crippen LogP contribution in [0, 0.1) is 0 Å². The van der Waals surface area contributed by atoms with Gasteiger partial charge in [0.05, 0.1) is 12.9 Å². The van der Waals surface area contributed by atoms with Crippen LogP contribution in [-0.4, -0.2) is 49.4 Å². The third-order valence-electron chi connectivity index (χ3n) is 2.85. The standard InChI is InChI=1S/C13H20N6O2S/c1-8(2)14-10(20)7-22-13-16-15-11(19(13)4)9-6-18(3)17-12(9)21-5/h6,8H,7H2,1-5H3,(H,14,20). The molecule has 120 valence electrons. The van der Waals surface area contributed by atoms with Crippen molar-refractivity contribution in [2.24, 2.45) is 14.1 Å². The molecule has 0 atom stereocenters. The molecule has 2 heterocycles. The van der Waals surface area contributed by atoms with E-state index in [1.807, 2.05) is 38.7 Å². The number of aryl methyl sites for hydroxylation is 1. The monoisotopic (exact) mass is 324 g/mol. The van der Waals surface area contributed by atoms with Gasteiger partial charge in [0.2, 0.25) is 11.8 Å². The van der Waals surface area contributed by atoms with E-state index in [4.69, 9.17) is 4.74 Å². The van der Waals surface area contributed by atoms with E-state index in [2.05, 4.69) is 20.6 Å². The number of amides is 1. The van der Waals surface area contributed by atoms with Crippen molar-refractivity contribution in [2.75, 3.05) is 12.9 Å². The maximum Gasteiger partial charge on any atom is 0.243 e. The second-order valence-corrected chi connectivity index (χ2v) is 6.04. The summed E-state index contributed by atoms with van der Waals surface area (Å²) in [5.74, 6) is 1.42. The molecule has 22 heavy (non-hydrogen) atoms. The summed E-state index contributed by atoms with van der Waals surface area (Å²) in [7, 11) is 5.23. The van der Waals surface area contributed by atoms with E-state index in [0.717, 1.165) is 5.56 Å². The number of methoxy groups -OCH3 is 1. The molecule has 1 N–H and O–H groups in total. The molecular weight excluding hydrogens is 304 g/mol. The van der Waals surface area contributed by atoms with Gasteiger partial charge in [-0.1, -0.05) is 11.8 Å². The Morgan fingerprint density at radius 2 is 2.14 bits per heavy atom. The number of nitrogens with one attached hydrogen (secondary N) is 1. The lowest BCUT2D eigenvalue weighted by Crippen LogP contribution is -2.31. The summed E-state index contributed by atoms with van der Waals surface area (Å²) in [4.78, 5) is 11.7. The van der Waals surface area contributed by atoms with Crippen LogP contribution in [0.2, 0.25) is 0 Å². The molecule has 0 unspecified atom stereocenters. The molecule has 9 heteroatoms. The van der Waals surface area contributed by atoms with E-state index >= 15 is 0 Å². The fraction of sp³-hybridized carbons (Fsp3) is 0.538. The van der Waals surface area contributed by atoms with Crippen LogP contribution >= 0.6 is 11.8 Å². The average molecular weight is 324 g/mol. The molecule has 0 saturated heterocycles. The van der Waals surface area contributed by atoms with Gasteiger partial charge in [-0.25, -0.2) is 0 Å². The van der Waals surface area contributed by atoms with E-state index in [1.54, 1.807) is 11.8 Å². The number of aromatic nitrogens is 5. The van der Waals surface area contributed by atoms with Crippen LogP contribution in [0.25, 0.3) is 11.4 Å². The van der Waals surface area contributed by atoms with Crippen LogP contribution in [0.15, 0.2) is 11.4 Å². The number of hydrogen-bond donors (Lipinski definition) is 1. The quantitative estimate of drug-likeness (QED) is 0.793. The van der Waals surface area contributed by atoms with Crippen molar-refractivity contribution in [1.29, 1.82) is 0 Å². The molecule has 0 fully saturated rings. The van der Waals surface area contributed by atoms with Crippen molar-refractivity contribution in [3.8, 4) is 17.3 Å². The van der Waals surface area contributed by atoms with Crippen LogP contribution < -0.4 is 10.1 Å². The number of hydrogen-bond acceptors (Lipinski definition) is 6. The molecule has 0 saturated carbocycles. The van der Waals surface area contributed by atoms with Gasteiger partial charge < -0.3 is 14.6 Å². The van der Waals surface area contributed by atoms with E-state index in [1.165, 1.54) is 11.8 Å². The Morgan fingerprint density at radius 3 is 2.77 bits per heavy atom. The van der Waals surface area contributed by atoms with Crippen molar-refractivity contribution >= 4 is 17.7 Å². The van der Waals surface area contributed by atoms with Gasteiger partial charge in [-0.3, -0.25) is 9.48 Å². The summed E-state index contributed by atoms with van der Waals surface area (Å²) in [6.45, 7) is 3.86. The molecule has 8 nitrogen and oxygen atoms in total. The van der Waals surface area contributed by atoms with E-state index < -0.39 is 0 Å². The second kappa shape index (κ2) is 6.82. The fourth-order valence-corrected chi connectivity index (χ4v) is 2.66. The summed E-state index contributed by atoms with van der Waals surface area (Å²) < 4.78 is 8.73. The van der Waals surface area contributed by atoms with Crippen LogP contribution in [-0.2, 0) is 18.9 Å². The van der Waals surface area contributed by atoms with Gasteiger partial charge in [-0.05, 0) is 13.8 Å². The highest BCUT2D eigenvalue weighted by molar-refractivity contribution is 7.99. The summed E-state index contributed by atoms with van der Waals surface area (Å²) in [6, 6.07) is 0.128. The number of rotatable bonds is 6. The average Bonchev–Trinajstić information content (AvgIpc) is 2.98. The first kappa shape index (κ1) is 16.3. The first-order chi connectivity index (χ1) is 10.4. The van der Waals surface area contributed by atoms with Gasteiger partial charge in [0.1, 0.15) is 5.56 Å². The lowest BCUT2D eigenvalue weighted by Gasteiger charge is -2.07. The summed E-state index contributed by atoms with van der Waals surface area (Å²) in [6.07, 6.45) is 1.82. The molecular formula is C13H20N6O2S. The van der Waals surface area contributed by atoms with Crippen LogP contribution in [0.5, 0.6) is 5.88 Å². The minimum atomic E-state index is -0.0245. The van der Waals surface area contributed by atoms with Gasteiger partial charge in [0.25, 0.3) is 0 Å². The van der Waals surface area contributed by atoms with Crippen LogP contribution in [0.4, 0.5) is 0 Å². The van der Waals surface area contributed by atoms with Crippen molar-refractivity contribution in [2.45, 2.75) is 25.0 Å². The summed E-state index contributed by atoms with van der Waals surface area (Å²) >= 11 is 1.34. The van der Waals surface area contributed by atoms with Gasteiger partial charge in [-0.2, -0.15) is 0 Å². The summed E-state index contributed by atoms with van der Waals surface area (Å²) in [5, 5.41) is 16.0. The van der Waals surface area contributed by atoms with Crippen LogP contribution in [0.3, 0.4) is 0 Å². The van der Waals surface area contributed by atoms with E-state index in [9.17, 15) is 4.79 Å². The maximum atomic E-state index is 11.7. The predicted octanol–water partition coefficient (Wildman–Crippen LogP) is 0.841. The SMILES string of the molecule is COc1nn(C)cc1-c1nnc(SCC(=O)NC(C)C)n1C. The van der Waals surface area contributed by atoms with Crippen molar-refractivity contribution in [3.63, 3.8) is 0 Å². The van der Waals surface area contributed by atoms with E-state index in [0.29, 0.717) is 22.6 Å². The number of carbonyl (C=O) groups is 1. The molecule has 0 aliphatic rings. The predicted molar refractivity (Wildman–Crippen MR) is 83.8 cm³/mol. The molecule has 2 aromatic heterocycles. The molecule has 0 aliphatic heterocycles. The molecule has 0 radical (unpaired) electrons. The molecule has 0 aromatic carbocycles. The number of carbonyl (C=O) groups excluding carboxylic acids is 1. The zero-order chi connectivity index (χ0) is 16.3. The lowest BCUT2D eigenvalue weighted by atomic mass is 10.3. The highest BCUT2D eigenvalue weighted by atomic mass is 32.2. The first-order valence-electron chi connectivity index (χ1n) is 6.82. The molecule has 0 aliphatic carbocycles. The van der Waals surface area contributed by atoms with Crippen molar-refractivity contribution < 1.29 is 9.53 Å². The van der Waals surface area contributed by atoms with E-state index in [-0.39, 0.29) is 11.9 Å². The van der Waals surface area contributed by atoms with Crippen LogP contribution in [0.1, 0.15) is 13.8 Å². The third-order valence-corrected chi connectivity index (χ3v) is 3.87. The minimum Gasteiger partial charge on any atom is -0.479 e. The zero-order valence-corrected chi connectivity index (χ0v) is 14.1. The number of nitrogens with zero attached hydrogens (tertiary/aromatic N) is 5. The Balaban J connectivity index is 2.14. The molecule has 1 amide bonds. The smallest absolute Gasteiger partial charge is 0.243 e. The Morgan fingerprint density at radius 1 is 1.41 bits per heavy atom. The Hall–Kier alpha value is -2.03. The zero-order valence-electron chi connectivity index (χ0n) is 13.3. The van der Waals surface area contributed by atoms with Gasteiger partial charge in [0, 0.05) is 26.3 Å². The number of thioether (sulfide) groups is 1. The van der Waals surface area contributed by atoms with Crippen molar-refractivity contribution in [3.05, 3.63) is 6.20 Å². The third kappa shape index (κ3) is 3.59. The number of ether oxygens (including phenoxy) is 1. The summed E-state index contributed by atoms with van der Waals surface area (Å²) in [5.41, 5.74) is 0.762. The maximum absolute atomic E-state index is 11.7. The molecule has 2 rings (SSSR count). The molecule has 0 spiro atoms. The molecule has 0 bridgehead atoms. The fourth-order valence-electron chi connectivity index (χ4n) is 1.94. The highest BCUT2D eigenvalue weighted by Gasteiger charge is 2.18. The lowest BCUT2D eigenvalue weighted by molar-refractivity contribution is -0.119. The normalized spacial score (nSPS) is 11.0. The topological polar surface area (TPSA) is 86.9 Å². The van der Waals surface area contributed by atoms with Gasteiger partial charge in [0.15, 0.2) is 11.0 Å². The largest absolute Gasteiger partial charge is 0.479 e. The molecule has 2 aromatic rings.